The molecule has 3 aromatic heterocycles. The number of hydrogen-bond acceptors (Lipinski definition) is 7. The highest BCUT2D eigenvalue weighted by Gasteiger charge is 2.31. The van der Waals surface area contributed by atoms with Gasteiger partial charge in [-0.05, 0) is 37.8 Å². The van der Waals surface area contributed by atoms with E-state index < -0.39 is 6.10 Å². The molecule has 0 aliphatic heterocycles. The lowest BCUT2D eigenvalue weighted by molar-refractivity contribution is 0.0448. The number of nitrogens with one attached hydrogen (secondary N) is 3. The van der Waals surface area contributed by atoms with Gasteiger partial charge in [-0.15, -0.1) is 0 Å². The second-order valence-corrected chi connectivity index (χ2v) is 8.85. The topological polar surface area (TPSA) is 126 Å². The van der Waals surface area contributed by atoms with Gasteiger partial charge in [0.2, 0.25) is 0 Å². The number of amides is 1. The first kappa shape index (κ1) is 21.4. The molecule has 2 aliphatic rings. The van der Waals surface area contributed by atoms with Crippen LogP contribution in [-0.2, 0) is 0 Å². The molecule has 10 heteroatoms. The number of aliphatic hydroxyl groups is 1. The van der Waals surface area contributed by atoms with E-state index in [2.05, 4.69) is 26.0 Å². The van der Waals surface area contributed by atoms with E-state index in [0.717, 1.165) is 32.1 Å². The Bertz CT molecular complexity index is 1230. The fourth-order valence-corrected chi connectivity index (χ4v) is 4.65. The summed E-state index contributed by atoms with van der Waals surface area (Å²) in [5.74, 6) is 0.720. The first-order valence-electron chi connectivity index (χ1n) is 11.6. The number of aliphatic hydroxyl groups excluding tert-OH is 1. The van der Waals surface area contributed by atoms with Crippen LogP contribution in [0.1, 0.15) is 61.3 Å². The molecular weight excluding hydrogens is 422 g/mol. The fourth-order valence-electron chi connectivity index (χ4n) is 4.65. The van der Waals surface area contributed by atoms with Gasteiger partial charge in [0.1, 0.15) is 22.9 Å². The maximum atomic E-state index is 13.2. The van der Waals surface area contributed by atoms with Crippen LogP contribution in [-0.4, -0.2) is 49.4 Å². The van der Waals surface area contributed by atoms with Crippen molar-refractivity contribution in [3.05, 3.63) is 46.5 Å². The first-order valence-corrected chi connectivity index (χ1v) is 11.6. The van der Waals surface area contributed by atoms with E-state index in [-0.39, 0.29) is 23.6 Å². The normalized spacial score (nSPS) is 20.9. The lowest BCUT2D eigenvalue weighted by Crippen LogP contribution is -2.50. The maximum Gasteiger partial charge on any atom is 0.274 e. The Balaban J connectivity index is 1.46. The minimum absolute atomic E-state index is 0.0810. The summed E-state index contributed by atoms with van der Waals surface area (Å²) in [4.78, 5) is 30.6. The summed E-state index contributed by atoms with van der Waals surface area (Å²) >= 11 is 0. The number of carbonyl (C=O) groups excluding carboxylic acids is 1. The molecule has 5 rings (SSSR count). The number of anilines is 3. The third-order valence-corrected chi connectivity index (χ3v) is 6.73. The molecule has 2 aliphatic carbocycles. The van der Waals surface area contributed by atoms with E-state index in [0.29, 0.717) is 35.0 Å². The molecule has 2 fully saturated rings. The van der Waals surface area contributed by atoms with Gasteiger partial charge in [0.15, 0.2) is 5.65 Å². The van der Waals surface area contributed by atoms with Crippen LogP contribution in [0.3, 0.4) is 0 Å². The lowest BCUT2D eigenvalue weighted by Gasteiger charge is -2.32. The van der Waals surface area contributed by atoms with Crippen LogP contribution in [0.15, 0.2) is 35.4 Å². The van der Waals surface area contributed by atoms with Crippen LogP contribution in [0.5, 0.6) is 0 Å². The van der Waals surface area contributed by atoms with Crippen molar-refractivity contribution in [1.82, 2.24) is 24.5 Å². The molecule has 0 spiro atoms. The van der Waals surface area contributed by atoms with Gasteiger partial charge in [-0.2, -0.15) is 9.61 Å². The Kier molecular flexibility index (Phi) is 5.76. The molecule has 0 aromatic carbocycles. The molecule has 1 unspecified atom stereocenters. The predicted octanol–water partition coefficient (Wildman–Crippen LogP) is 2.43. The number of pyridine rings is 1. The van der Waals surface area contributed by atoms with Crippen molar-refractivity contribution in [3.8, 4) is 0 Å². The standard InChI is InChI=1S/C23H29N7O3/c1-24-20-12-19(26-17-8-5-11-29(23(17)33)14-6-3-2-4-7-14)28-21-15(13-25-30(20)21)22(32)27-16-9-10-18(16)31/h5,8,11-14,16,18,24,31H,2-4,6-7,9-10H2,1H3,(H,26,28)(H,27,32)/t16?,18-/m1/s1. The first-order chi connectivity index (χ1) is 16.0. The van der Waals surface area contributed by atoms with Gasteiger partial charge in [-0.1, -0.05) is 19.3 Å². The van der Waals surface area contributed by atoms with Gasteiger partial charge in [-0.25, -0.2) is 4.98 Å². The molecule has 0 bridgehead atoms. The quantitative estimate of drug-likeness (QED) is 0.453. The van der Waals surface area contributed by atoms with Crippen molar-refractivity contribution in [3.63, 3.8) is 0 Å². The molecule has 2 atom stereocenters. The zero-order chi connectivity index (χ0) is 22.9. The van der Waals surface area contributed by atoms with Crippen LogP contribution in [0, 0.1) is 0 Å². The summed E-state index contributed by atoms with van der Waals surface area (Å²) < 4.78 is 3.36. The second-order valence-electron chi connectivity index (χ2n) is 8.85. The number of carbonyl (C=O) groups is 1. The zero-order valence-electron chi connectivity index (χ0n) is 18.6. The monoisotopic (exact) mass is 451 g/mol. The summed E-state index contributed by atoms with van der Waals surface area (Å²) in [5.41, 5.74) is 1.02. The highest BCUT2D eigenvalue weighted by Crippen LogP contribution is 2.28. The van der Waals surface area contributed by atoms with E-state index in [1.165, 1.54) is 12.6 Å². The Labute approximate surface area is 191 Å². The molecule has 0 radical (unpaired) electrons. The molecule has 2 saturated carbocycles. The van der Waals surface area contributed by atoms with E-state index in [4.69, 9.17) is 0 Å². The number of fused-ring (bicyclic) bond motifs is 1. The minimum Gasteiger partial charge on any atom is -0.391 e. The average Bonchev–Trinajstić information content (AvgIpc) is 3.27. The van der Waals surface area contributed by atoms with Gasteiger partial charge in [-0.3, -0.25) is 9.59 Å². The predicted molar refractivity (Wildman–Crippen MR) is 125 cm³/mol. The highest BCUT2D eigenvalue weighted by atomic mass is 16.3. The lowest BCUT2D eigenvalue weighted by atomic mass is 9.89. The molecule has 174 valence electrons. The highest BCUT2D eigenvalue weighted by molar-refractivity contribution is 6.00. The van der Waals surface area contributed by atoms with Crippen LogP contribution in [0.2, 0.25) is 0 Å². The molecule has 10 nitrogen and oxygen atoms in total. The summed E-state index contributed by atoms with van der Waals surface area (Å²) in [6.45, 7) is 0. The van der Waals surface area contributed by atoms with Crippen molar-refractivity contribution >= 4 is 28.9 Å². The van der Waals surface area contributed by atoms with Crippen molar-refractivity contribution in [2.75, 3.05) is 17.7 Å². The van der Waals surface area contributed by atoms with E-state index in [9.17, 15) is 14.7 Å². The molecule has 1 amide bonds. The number of rotatable bonds is 6. The summed E-state index contributed by atoms with van der Waals surface area (Å²) in [6.07, 6.45) is 9.77. The molecule has 3 heterocycles. The third-order valence-electron chi connectivity index (χ3n) is 6.73. The third kappa shape index (κ3) is 4.06. The Hall–Kier alpha value is -3.40. The number of aromatic nitrogens is 4. The van der Waals surface area contributed by atoms with Gasteiger partial charge >= 0.3 is 0 Å². The second kappa shape index (κ2) is 8.86. The van der Waals surface area contributed by atoms with E-state index in [1.807, 2.05) is 16.8 Å². The van der Waals surface area contributed by atoms with Crippen LogP contribution < -0.4 is 21.5 Å². The number of nitrogens with zero attached hydrogens (tertiary/aromatic N) is 4. The smallest absolute Gasteiger partial charge is 0.274 e. The van der Waals surface area contributed by atoms with Crippen LogP contribution >= 0.6 is 0 Å². The Morgan fingerprint density at radius 3 is 2.70 bits per heavy atom. The molecule has 33 heavy (non-hydrogen) atoms. The van der Waals surface area contributed by atoms with Crippen molar-refractivity contribution in [2.45, 2.75) is 63.1 Å². The largest absolute Gasteiger partial charge is 0.391 e. The minimum atomic E-state index is -0.515. The summed E-state index contributed by atoms with van der Waals surface area (Å²) in [6, 6.07) is 5.34. The zero-order valence-corrected chi connectivity index (χ0v) is 18.6. The van der Waals surface area contributed by atoms with Crippen molar-refractivity contribution in [2.24, 2.45) is 0 Å². The summed E-state index contributed by atoms with van der Waals surface area (Å²) in [7, 11) is 1.75. The number of hydrogen-bond donors (Lipinski definition) is 4. The molecule has 4 N–H and O–H groups in total. The SMILES string of the molecule is CNc1cc(Nc2cccn(C3CCCCC3)c2=O)nc2c(C(=O)NC3CC[C@H]3O)cnn12. The van der Waals surface area contributed by atoms with Gasteiger partial charge in [0.05, 0.1) is 18.3 Å². The average molecular weight is 452 g/mol. The molecule has 0 saturated heterocycles. The van der Waals surface area contributed by atoms with E-state index >= 15 is 0 Å². The Morgan fingerprint density at radius 2 is 2.00 bits per heavy atom. The summed E-state index contributed by atoms with van der Waals surface area (Å²) in [5, 5.41) is 23.1. The molecular formula is C23H29N7O3. The Morgan fingerprint density at radius 1 is 1.18 bits per heavy atom. The van der Waals surface area contributed by atoms with Gasteiger partial charge < -0.3 is 25.6 Å². The van der Waals surface area contributed by atoms with Gasteiger partial charge in [0.25, 0.3) is 11.5 Å². The van der Waals surface area contributed by atoms with Crippen molar-refractivity contribution in [1.29, 1.82) is 0 Å². The maximum absolute atomic E-state index is 13.2. The molecule has 3 aromatic rings. The van der Waals surface area contributed by atoms with Gasteiger partial charge in [0, 0.05) is 25.4 Å². The fraction of sp³-hybridized carbons (Fsp3) is 0.478. The van der Waals surface area contributed by atoms with E-state index in [1.54, 1.807) is 23.7 Å². The van der Waals surface area contributed by atoms with Crippen molar-refractivity contribution < 1.29 is 9.90 Å². The van der Waals surface area contributed by atoms with Crippen LogP contribution in [0.4, 0.5) is 17.3 Å². The van der Waals surface area contributed by atoms with Crippen LogP contribution in [0.25, 0.3) is 5.65 Å².